The molecule has 1 saturated heterocycles. The van der Waals surface area contributed by atoms with Crippen LogP contribution < -0.4 is 15.2 Å². The van der Waals surface area contributed by atoms with Gasteiger partial charge in [-0.3, -0.25) is 15.0 Å². The zero-order chi connectivity index (χ0) is 17.1. The van der Waals surface area contributed by atoms with Gasteiger partial charge in [0.25, 0.3) is 11.8 Å². The predicted molar refractivity (Wildman–Crippen MR) is 92.3 cm³/mol. The average Bonchev–Trinajstić information content (AvgIpc) is 2.85. The van der Waals surface area contributed by atoms with E-state index in [1.807, 2.05) is 56.3 Å². The summed E-state index contributed by atoms with van der Waals surface area (Å²) in [6.07, 6.45) is 1.57. The van der Waals surface area contributed by atoms with E-state index in [4.69, 9.17) is 4.74 Å². The maximum Gasteiger partial charge on any atom is 0.282 e. The second-order valence-electron chi connectivity index (χ2n) is 5.68. The number of rotatable bonds is 4. The first-order chi connectivity index (χ1) is 11.6. The molecule has 0 saturated carbocycles. The summed E-state index contributed by atoms with van der Waals surface area (Å²) in [4.78, 5) is 24.8. The van der Waals surface area contributed by atoms with Crippen LogP contribution in [-0.2, 0) is 9.59 Å². The van der Waals surface area contributed by atoms with Crippen molar-refractivity contribution in [1.82, 2.24) is 5.43 Å². The zero-order valence-corrected chi connectivity index (χ0v) is 13.5. The Kier molecular flexibility index (Phi) is 4.33. The molecule has 0 unspecified atom stereocenters. The Hall–Kier alpha value is -3.08. The highest BCUT2D eigenvalue weighted by Gasteiger charge is 2.34. The fourth-order valence-corrected chi connectivity index (χ4v) is 2.43. The second-order valence-corrected chi connectivity index (χ2v) is 5.68. The first kappa shape index (κ1) is 15.8. The van der Waals surface area contributed by atoms with Crippen LogP contribution in [0.1, 0.15) is 19.4 Å². The maximum absolute atomic E-state index is 12.6. The van der Waals surface area contributed by atoms with Crippen molar-refractivity contribution in [3.8, 4) is 5.75 Å². The van der Waals surface area contributed by atoms with Crippen molar-refractivity contribution in [3.05, 3.63) is 65.7 Å². The number of nitrogens with one attached hydrogen (secondary N) is 1. The van der Waals surface area contributed by atoms with Gasteiger partial charge in [-0.15, -0.1) is 0 Å². The molecule has 5 heteroatoms. The molecule has 2 aromatic carbocycles. The van der Waals surface area contributed by atoms with Crippen LogP contribution in [-0.4, -0.2) is 17.9 Å². The number of benzene rings is 2. The summed E-state index contributed by atoms with van der Waals surface area (Å²) < 4.78 is 5.74. The summed E-state index contributed by atoms with van der Waals surface area (Å²) in [5.41, 5.74) is 3.98. The van der Waals surface area contributed by atoms with Crippen molar-refractivity contribution < 1.29 is 14.3 Å². The van der Waals surface area contributed by atoms with E-state index in [9.17, 15) is 9.59 Å². The van der Waals surface area contributed by atoms with Crippen molar-refractivity contribution in [3.63, 3.8) is 0 Å². The number of carbonyl (C=O) groups is 2. The van der Waals surface area contributed by atoms with Crippen LogP contribution in [0.3, 0.4) is 0 Å². The second kappa shape index (κ2) is 6.58. The van der Waals surface area contributed by atoms with Crippen molar-refractivity contribution >= 4 is 23.6 Å². The molecular weight excluding hydrogens is 304 g/mol. The fraction of sp³-hybridized carbons (Fsp3) is 0.158. The highest BCUT2D eigenvalue weighted by atomic mass is 16.5. The summed E-state index contributed by atoms with van der Waals surface area (Å²) in [6.45, 7) is 3.85. The number of hydrogen-bond donors (Lipinski definition) is 1. The van der Waals surface area contributed by atoms with Crippen molar-refractivity contribution in [1.29, 1.82) is 0 Å². The maximum atomic E-state index is 12.6. The topological polar surface area (TPSA) is 58.6 Å². The molecule has 5 nitrogen and oxygen atoms in total. The van der Waals surface area contributed by atoms with E-state index < -0.39 is 5.91 Å². The molecule has 0 aliphatic carbocycles. The number of hydrogen-bond acceptors (Lipinski definition) is 3. The molecule has 24 heavy (non-hydrogen) atoms. The SMILES string of the molecule is CC(C)Oc1ccccc1C=C1C(=O)NN(c2ccccc2)C1=O. The lowest BCUT2D eigenvalue weighted by Crippen LogP contribution is -2.35. The molecule has 0 radical (unpaired) electrons. The van der Waals surface area contributed by atoms with Gasteiger partial charge in [0, 0.05) is 5.56 Å². The molecule has 0 spiro atoms. The molecule has 1 N–H and O–H groups in total. The standard InChI is InChI=1S/C19H18N2O3/c1-13(2)24-17-11-7-6-8-14(17)12-16-18(22)20-21(19(16)23)15-9-4-3-5-10-15/h3-13H,1-2H3,(H,20,22). The minimum atomic E-state index is -0.428. The smallest absolute Gasteiger partial charge is 0.282 e. The molecule has 2 amide bonds. The summed E-state index contributed by atoms with van der Waals surface area (Å²) in [6, 6.07) is 16.3. The third-order valence-electron chi connectivity index (χ3n) is 3.49. The summed E-state index contributed by atoms with van der Waals surface area (Å²) >= 11 is 0. The van der Waals surface area contributed by atoms with Gasteiger partial charge in [-0.1, -0.05) is 36.4 Å². The highest BCUT2D eigenvalue weighted by molar-refractivity contribution is 6.31. The number of anilines is 1. The van der Waals surface area contributed by atoms with Gasteiger partial charge in [0.05, 0.1) is 11.8 Å². The molecule has 0 aromatic heterocycles. The van der Waals surface area contributed by atoms with Crippen LogP contribution in [0.15, 0.2) is 60.2 Å². The summed E-state index contributed by atoms with van der Waals surface area (Å²) in [7, 11) is 0. The lowest BCUT2D eigenvalue weighted by molar-refractivity contribution is -0.117. The van der Waals surface area contributed by atoms with Crippen molar-refractivity contribution in [2.75, 3.05) is 5.01 Å². The monoisotopic (exact) mass is 322 g/mol. The molecule has 122 valence electrons. The Morgan fingerprint density at radius 3 is 2.38 bits per heavy atom. The molecule has 1 fully saturated rings. The van der Waals surface area contributed by atoms with E-state index in [0.29, 0.717) is 17.0 Å². The third kappa shape index (κ3) is 3.15. The summed E-state index contributed by atoms with van der Waals surface area (Å²) in [5, 5.41) is 1.25. The highest BCUT2D eigenvalue weighted by Crippen LogP contribution is 2.25. The molecule has 1 aliphatic rings. The van der Waals surface area contributed by atoms with Gasteiger partial charge in [0.2, 0.25) is 0 Å². The zero-order valence-electron chi connectivity index (χ0n) is 13.5. The van der Waals surface area contributed by atoms with E-state index >= 15 is 0 Å². The Bertz CT molecular complexity index is 797. The van der Waals surface area contributed by atoms with Gasteiger partial charge in [-0.2, -0.15) is 0 Å². The first-order valence-corrected chi connectivity index (χ1v) is 7.74. The largest absolute Gasteiger partial charge is 0.490 e. The van der Waals surface area contributed by atoms with Gasteiger partial charge in [-0.25, -0.2) is 5.01 Å². The Morgan fingerprint density at radius 2 is 1.67 bits per heavy atom. The van der Waals surface area contributed by atoms with Gasteiger partial charge >= 0.3 is 0 Å². The van der Waals surface area contributed by atoms with Crippen LogP contribution in [0.2, 0.25) is 0 Å². The Labute approximate surface area is 140 Å². The van der Waals surface area contributed by atoms with Crippen LogP contribution in [0.25, 0.3) is 6.08 Å². The average molecular weight is 322 g/mol. The van der Waals surface area contributed by atoms with Gasteiger partial charge < -0.3 is 4.74 Å². The van der Waals surface area contributed by atoms with E-state index in [2.05, 4.69) is 5.43 Å². The third-order valence-corrected chi connectivity index (χ3v) is 3.49. The van der Waals surface area contributed by atoms with Crippen molar-refractivity contribution in [2.45, 2.75) is 20.0 Å². The van der Waals surface area contributed by atoms with E-state index in [-0.39, 0.29) is 17.6 Å². The minimum absolute atomic E-state index is 0.00141. The molecular formula is C19H18N2O3. The summed E-state index contributed by atoms with van der Waals surface area (Å²) in [5.74, 6) is -0.174. The number of carbonyl (C=O) groups excluding carboxylic acids is 2. The Balaban J connectivity index is 1.94. The molecule has 3 rings (SSSR count). The number of amides is 2. The first-order valence-electron chi connectivity index (χ1n) is 7.74. The molecule has 0 bridgehead atoms. The van der Waals surface area contributed by atoms with E-state index in [0.717, 1.165) is 0 Å². The lowest BCUT2D eigenvalue weighted by Gasteiger charge is -2.14. The lowest BCUT2D eigenvalue weighted by atomic mass is 10.1. The Morgan fingerprint density at radius 1 is 1.00 bits per heavy atom. The van der Waals surface area contributed by atoms with Crippen LogP contribution in [0, 0.1) is 0 Å². The van der Waals surface area contributed by atoms with Crippen LogP contribution >= 0.6 is 0 Å². The van der Waals surface area contributed by atoms with Gasteiger partial charge in [0.15, 0.2) is 0 Å². The van der Waals surface area contributed by atoms with E-state index in [1.54, 1.807) is 18.2 Å². The number of ether oxygens (including phenoxy) is 1. The number of nitrogens with zero attached hydrogens (tertiary/aromatic N) is 1. The van der Waals surface area contributed by atoms with Crippen LogP contribution in [0.4, 0.5) is 5.69 Å². The van der Waals surface area contributed by atoms with Crippen LogP contribution in [0.5, 0.6) is 5.75 Å². The molecule has 0 atom stereocenters. The minimum Gasteiger partial charge on any atom is -0.490 e. The molecule has 1 aliphatic heterocycles. The molecule has 2 aromatic rings. The van der Waals surface area contributed by atoms with E-state index in [1.165, 1.54) is 5.01 Å². The fourth-order valence-electron chi connectivity index (χ4n) is 2.43. The molecule has 1 heterocycles. The number of para-hydroxylation sites is 2. The van der Waals surface area contributed by atoms with Crippen molar-refractivity contribution in [2.24, 2.45) is 0 Å². The normalized spacial score (nSPS) is 16.0. The predicted octanol–water partition coefficient (Wildman–Crippen LogP) is 2.94. The quantitative estimate of drug-likeness (QED) is 0.695. The van der Waals surface area contributed by atoms with Gasteiger partial charge in [0.1, 0.15) is 11.3 Å². The number of hydrazine groups is 1. The van der Waals surface area contributed by atoms with Gasteiger partial charge in [-0.05, 0) is 38.1 Å².